The summed E-state index contributed by atoms with van der Waals surface area (Å²) in [6.07, 6.45) is 19.0. The molecule has 0 aromatic rings. The number of nitrogens with zero attached hydrogens (tertiary/aromatic N) is 2. The number of carbonyl (C=O) groups excluding carboxylic acids is 2. The summed E-state index contributed by atoms with van der Waals surface area (Å²) in [5.74, 6) is -1.53. The largest absolute Gasteiger partial charge is 0.472 e. The van der Waals surface area contributed by atoms with Gasteiger partial charge in [-0.05, 0) is 6.42 Å². The smallest absolute Gasteiger partial charge is 0.462 e. The number of hydrogen-bond acceptors (Lipinski definition) is 8. The zero-order valence-electron chi connectivity index (χ0n) is 28.4. The Hall–Kier alpha value is -1.72. The number of rotatable bonds is 29. The van der Waals surface area contributed by atoms with Crippen molar-refractivity contribution in [3.63, 3.8) is 0 Å². The normalized spacial score (nSPS) is 13.7. The molecule has 44 heavy (non-hydrogen) atoms. The summed E-state index contributed by atoms with van der Waals surface area (Å²) in [6.45, 7) is 1.53. The van der Waals surface area contributed by atoms with E-state index in [4.69, 9.17) is 29.7 Å². The Balaban J connectivity index is 4.25. The van der Waals surface area contributed by atoms with E-state index >= 15 is 0 Å². The Morgan fingerprint density at radius 3 is 1.75 bits per heavy atom. The van der Waals surface area contributed by atoms with Gasteiger partial charge in [-0.1, -0.05) is 103 Å². The average Bonchev–Trinajstić information content (AvgIpc) is 2.93. The maximum absolute atomic E-state index is 12.3. The molecule has 0 bridgehead atoms. The van der Waals surface area contributed by atoms with Crippen LogP contribution >= 0.6 is 7.82 Å². The van der Waals surface area contributed by atoms with Crippen LogP contribution in [0.5, 0.6) is 0 Å². The zero-order chi connectivity index (χ0) is 33.3. The van der Waals surface area contributed by atoms with Crippen LogP contribution in [0.4, 0.5) is 0 Å². The molecule has 0 spiro atoms. The van der Waals surface area contributed by atoms with Gasteiger partial charge in [-0.15, -0.1) is 0 Å². The molecule has 12 nitrogen and oxygen atoms in total. The second-order valence-electron chi connectivity index (χ2n) is 12.7. The van der Waals surface area contributed by atoms with E-state index in [1.54, 1.807) is 0 Å². The van der Waals surface area contributed by atoms with Crippen molar-refractivity contribution in [3.8, 4) is 0 Å². The van der Waals surface area contributed by atoms with Crippen molar-refractivity contribution in [2.75, 3.05) is 61.1 Å². The van der Waals surface area contributed by atoms with Crippen molar-refractivity contribution in [3.05, 3.63) is 0 Å². The Bertz CT molecular complexity index is 825. The van der Waals surface area contributed by atoms with Gasteiger partial charge in [0.15, 0.2) is 12.1 Å². The van der Waals surface area contributed by atoms with Crippen molar-refractivity contribution in [2.24, 2.45) is 5.73 Å². The molecule has 0 aromatic carbocycles. The van der Waals surface area contributed by atoms with Gasteiger partial charge in [0.05, 0.1) is 27.7 Å². The van der Waals surface area contributed by atoms with E-state index in [1.807, 2.05) is 21.1 Å². The fraction of sp³-hybridized carbons (Fsp3) is 0.903. The average molecular weight is 652 g/mol. The molecule has 0 rings (SSSR count). The first kappa shape index (κ1) is 42.3. The van der Waals surface area contributed by atoms with Gasteiger partial charge < -0.3 is 29.5 Å². The number of likely N-dealkylation sites (N-methyl/N-ethyl adjacent to an activating group) is 2. The number of carbonyl (C=O) groups is 2. The number of phosphoric acid groups is 1. The predicted molar refractivity (Wildman–Crippen MR) is 174 cm³/mol. The molecule has 0 amide bonds. The summed E-state index contributed by atoms with van der Waals surface area (Å²) in [7, 11) is 2.75. The number of nitrogens with two attached hydrogens (primary N) is 1. The summed E-state index contributed by atoms with van der Waals surface area (Å²) in [5, 5.41) is 7.38. The molecule has 2 unspecified atom stereocenters. The summed E-state index contributed by atoms with van der Waals surface area (Å²) >= 11 is 0. The number of esters is 2. The predicted octanol–water partition coefficient (Wildman–Crippen LogP) is 5.76. The molecule has 0 heterocycles. The highest BCUT2D eigenvalue weighted by Crippen LogP contribution is 2.43. The molecule has 0 saturated heterocycles. The molecule has 0 aliphatic heterocycles. The Kier molecular flexibility index (Phi) is 24.5. The monoisotopic (exact) mass is 651 g/mol. The molecule has 0 saturated carbocycles. The molecule has 13 heteroatoms. The molecule has 2 atom stereocenters. The first-order chi connectivity index (χ1) is 20.8. The van der Waals surface area contributed by atoms with Crippen molar-refractivity contribution in [1.29, 1.82) is 5.41 Å². The van der Waals surface area contributed by atoms with Gasteiger partial charge in [0.25, 0.3) is 0 Å². The van der Waals surface area contributed by atoms with Crippen LogP contribution in [0.15, 0.2) is 0 Å². The lowest BCUT2D eigenvalue weighted by molar-refractivity contribution is -0.870. The zero-order valence-corrected chi connectivity index (χ0v) is 29.3. The van der Waals surface area contributed by atoms with Crippen molar-refractivity contribution < 1.29 is 42.1 Å². The van der Waals surface area contributed by atoms with Crippen LogP contribution < -0.4 is 5.73 Å². The van der Waals surface area contributed by atoms with Gasteiger partial charge in [0.2, 0.25) is 0 Å². The molecule has 0 fully saturated rings. The van der Waals surface area contributed by atoms with Gasteiger partial charge >= 0.3 is 19.8 Å². The number of hydrogen-bond donors (Lipinski definition) is 3. The lowest BCUT2D eigenvalue weighted by Crippen LogP contribution is -2.39. The Morgan fingerprint density at radius 1 is 0.818 bits per heavy atom. The first-order valence-electron chi connectivity index (χ1n) is 16.6. The van der Waals surface area contributed by atoms with E-state index in [9.17, 15) is 19.0 Å². The minimum absolute atomic E-state index is 0.0145. The van der Waals surface area contributed by atoms with Gasteiger partial charge in [-0.2, -0.15) is 0 Å². The standard InChI is InChI=1S/C31H63N4O8P/c1-6-7-8-9-10-11-12-13-14-15-16-17-18-19-20-21-22-29(36)40-26-28(43-30(37)25-34(2)31(32)33)27-42-44(38,39)41-24-23-35(3,4)5/h28H,6-27H2,1-5H3,(H3-,32,33,38,39)/p+1. The summed E-state index contributed by atoms with van der Waals surface area (Å²) < 4.78 is 33.4. The van der Waals surface area contributed by atoms with E-state index in [1.165, 1.54) is 84.1 Å². The SMILES string of the molecule is CCCCCCCCCCCCCCCCCCC(=O)OCC(COP(=O)(O)OCC[N+](C)(C)C)OC(=O)CN(C)C(=N)N. The van der Waals surface area contributed by atoms with E-state index in [0.29, 0.717) is 17.4 Å². The second kappa shape index (κ2) is 25.5. The Morgan fingerprint density at radius 2 is 1.30 bits per heavy atom. The highest BCUT2D eigenvalue weighted by Gasteiger charge is 2.27. The van der Waals surface area contributed by atoms with Crippen LogP contribution in [0, 0.1) is 5.41 Å². The minimum Gasteiger partial charge on any atom is -0.462 e. The number of ether oxygens (including phenoxy) is 2. The van der Waals surface area contributed by atoms with E-state index in [-0.39, 0.29) is 32.1 Å². The third-order valence-electron chi connectivity index (χ3n) is 7.18. The van der Waals surface area contributed by atoms with Gasteiger partial charge in [0.1, 0.15) is 26.3 Å². The third-order valence-corrected chi connectivity index (χ3v) is 8.16. The summed E-state index contributed by atoms with van der Waals surface area (Å²) in [6, 6.07) is 0. The van der Waals surface area contributed by atoms with E-state index < -0.39 is 32.5 Å². The van der Waals surface area contributed by atoms with Crippen LogP contribution in [0.2, 0.25) is 0 Å². The Labute approximate surface area is 267 Å². The number of phosphoric ester groups is 1. The molecule has 0 aromatic heterocycles. The van der Waals surface area contributed by atoms with E-state index in [2.05, 4.69) is 6.92 Å². The molecular formula is C31H64N4O8P+. The maximum Gasteiger partial charge on any atom is 0.472 e. The van der Waals surface area contributed by atoms with Crippen molar-refractivity contribution in [2.45, 2.75) is 122 Å². The molecule has 260 valence electrons. The summed E-state index contributed by atoms with van der Waals surface area (Å²) in [4.78, 5) is 35.7. The topological polar surface area (TPSA) is 161 Å². The van der Waals surface area contributed by atoms with Crippen molar-refractivity contribution >= 4 is 25.7 Å². The number of nitrogens with one attached hydrogen (secondary N) is 1. The lowest BCUT2D eigenvalue weighted by Gasteiger charge is -2.24. The number of guanidine groups is 1. The first-order valence-corrected chi connectivity index (χ1v) is 18.1. The third kappa shape index (κ3) is 27.8. The van der Waals surface area contributed by atoms with Gasteiger partial charge in [-0.3, -0.25) is 24.0 Å². The molecular weight excluding hydrogens is 587 g/mol. The fourth-order valence-corrected chi connectivity index (χ4v) is 5.08. The molecule has 0 aliphatic rings. The maximum atomic E-state index is 12.3. The summed E-state index contributed by atoms with van der Waals surface area (Å²) in [5.41, 5.74) is 5.36. The van der Waals surface area contributed by atoms with Gasteiger partial charge in [0, 0.05) is 13.5 Å². The number of unbranched alkanes of at least 4 members (excludes halogenated alkanes) is 15. The van der Waals surface area contributed by atoms with Crippen LogP contribution in [0.1, 0.15) is 116 Å². The quantitative estimate of drug-likeness (QED) is 0.0227. The van der Waals surface area contributed by atoms with Gasteiger partial charge in [-0.25, -0.2) is 4.57 Å². The fourth-order valence-electron chi connectivity index (χ4n) is 4.34. The minimum atomic E-state index is -4.42. The highest BCUT2D eigenvalue weighted by atomic mass is 31.2. The second-order valence-corrected chi connectivity index (χ2v) is 14.2. The highest BCUT2D eigenvalue weighted by molar-refractivity contribution is 7.47. The van der Waals surface area contributed by atoms with E-state index in [0.717, 1.165) is 24.2 Å². The lowest BCUT2D eigenvalue weighted by atomic mass is 10.0. The van der Waals surface area contributed by atoms with Crippen LogP contribution in [-0.4, -0.2) is 99.4 Å². The number of quaternary nitrogens is 1. The van der Waals surface area contributed by atoms with Crippen LogP contribution in [0.25, 0.3) is 0 Å². The van der Waals surface area contributed by atoms with Crippen LogP contribution in [-0.2, 0) is 32.7 Å². The van der Waals surface area contributed by atoms with Crippen molar-refractivity contribution in [1.82, 2.24) is 4.90 Å². The molecule has 4 N–H and O–H groups in total. The molecule has 0 aliphatic carbocycles. The van der Waals surface area contributed by atoms with Crippen LogP contribution in [0.3, 0.4) is 0 Å². The molecule has 0 radical (unpaired) electrons.